The fourth-order valence-corrected chi connectivity index (χ4v) is 4.63. The smallest absolute Gasteiger partial charge is 0.196 e. The van der Waals surface area contributed by atoms with Gasteiger partial charge in [0.2, 0.25) is 0 Å². The molecule has 1 aliphatic heterocycles. The van der Waals surface area contributed by atoms with Gasteiger partial charge in [0.15, 0.2) is 5.79 Å². The van der Waals surface area contributed by atoms with E-state index >= 15 is 0 Å². The van der Waals surface area contributed by atoms with Crippen LogP contribution in [-0.4, -0.2) is 39.9 Å². The maximum atomic E-state index is 10.9. The molecule has 4 nitrogen and oxygen atoms in total. The summed E-state index contributed by atoms with van der Waals surface area (Å²) in [6.07, 6.45) is -0.444. The lowest BCUT2D eigenvalue weighted by Gasteiger charge is -2.54. The van der Waals surface area contributed by atoms with E-state index in [-0.39, 0.29) is 17.3 Å². The zero-order chi connectivity index (χ0) is 14.2. The minimum Gasteiger partial charge on any atom is -0.390 e. The van der Waals surface area contributed by atoms with Crippen LogP contribution in [0.15, 0.2) is 12.2 Å². The van der Waals surface area contributed by atoms with Crippen LogP contribution in [0.2, 0.25) is 0 Å². The minimum atomic E-state index is -1.51. The first-order chi connectivity index (χ1) is 8.65. The predicted octanol–water partition coefficient (Wildman–Crippen LogP) is 1.06. The Morgan fingerprint density at radius 2 is 1.89 bits per heavy atom. The van der Waals surface area contributed by atoms with Crippen LogP contribution < -0.4 is 0 Å². The van der Waals surface area contributed by atoms with E-state index in [2.05, 4.69) is 20.4 Å². The quantitative estimate of drug-likeness (QED) is 0.574. The first-order valence-electron chi connectivity index (χ1n) is 7.07. The minimum absolute atomic E-state index is 0.0181. The van der Waals surface area contributed by atoms with E-state index in [0.29, 0.717) is 18.6 Å². The molecule has 0 spiro atoms. The summed E-state index contributed by atoms with van der Waals surface area (Å²) in [5.41, 5.74) is -0.288. The van der Waals surface area contributed by atoms with Gasteiger partial charge < -0.3 is 20.1 Å². The summed E-state index contributed by atoms with van der Waals surface area (Å²) in [5, 5.41) is 32.1. The second-order valence-corrected chi connectivity index (χ2v) is 7.45. The topological polar surface area (TPSA) is 69.9 Å². The molecule has 2 aliphatic carbocycles. The zero-order valence-corrected chi connectivity index (χ0v) is 11.9. The molecular formula is C15H24O4. The highest BCUT2D eigenvalue weighted by Gasteiger charge is 2.68. The molecule has 1 saturated heterocycles. The molecule has 19 heavy (non-hydrogen) atoms. The van der Waals surface area contributed by atoms with E-state index < -0.39 is 23.4 Å². The molecule has 0 radical (unpaired) electrons. The SMILES string of the molecule is C=C1C2CC(C)(C)C2C(O)C(O)C2(C)CCOC12O. The van der Waals surface area contributed by atoms with Gasteiger partial charge in [0.1, 0.15) is 0 Å². The van der Waals surface area contributed by atoms with E-state index in [1.54, 1.807) is 6.92 Å². The molecular weight excluding hydrogens is 244 g/mol. The Hall–Kier alpha value is -0.420. The summed E-state index contributed by atoms with van der Waals surface area (Å²) >= 11 is 0. The first kappa shape index (κ1) is 13.6. The number of aliphatic hydroxyl groups excluding tert-OH is 2. The predicted molar refractivity (Wildman–Crippen MR) is 70.2 cm³/mol. The zero-order valence-electron chi connectivity index (χ0n) is 11.9. The number of aliphatic hydroxyl groups is 3. The fourth-order valence-electron chi connectivity index (χ4n) is 4.63. The Balaban J connectivity index is 2.09. The van der Waals surface area contributed by atoms with E-state index in [1.165, 1.54) is 0 Å². The molecule has 4 heteroatoms. The monoisotopic (exact) mass is 268 g/mol. The molecule has 3 N–H and O–H groups in total. The molecule has 3 fully saturated rings. The van der Waals surface area contributed by atoms with Crippen molar-refractivity contribution < 1.29 is 20.1 Å². The van der Waals surface area contributed by atoms with Crippen molar-refractivity contribution in [2.45, 2.75) is 51.6 Å². The Labute approximate surface area is 114 Å². The number of ether oxygens (including phenoxy) is 1. The van der Waals surface area contributed by atoms with Crippen molar-refractivity contribution in [1.82, 2.24) is 0 Å². The summed E-state index contributed by atoms with van der Waals surface area (Å²) in [6, 6.07) is 0. The molecule has 6 unspecified atom stereocenters. The van der Waals surface area contributed by atoms with E-state index in [4.69, 9.17) is 4.74 Å². The van der Waals surface area contributed by atoms with Gasteiger partial charge in [0, 0.05) is 0 Å². The summed E-state index contributed by atoms with van der Waals surface area (Å²) in [7, 11) is 0. The summed E-state index contributed by atoms with van der Waals surface area (Å²) in [4.78, 5) is 0. The van der Waals surface area contributed by atoms with Crippen LogP contribution in [-0.2, 0) is 4.74 Å². The largest absolute Gasteiger partial charge is 0.390 e. The summed E-state index contributed by atoms with van der Waals surface area (Å²) < 4.78 is 5.56. The van der Waals surface area contributed by atoms with Crippen molar-refractivity contribution >= 4 is 0 Å². The van der Waals surface area contributed by atoms with Crippen LogP contribution in [0.3, 0.4) is 0 Å². The van der Waals surface area contributed by atoms with Crippen LogP contribution >= 0.6 is 0 Å². The van der Waals surface area contributed by atoms with Crippen LogP contribution in [0.5, 0.6) is 0 Å². The standard InChI is InChI=1S/C15H24O4/c1-8-9-7-13(2,3)10(9)11(16)12(17)14(4)5-6-19-15(8,14)18/h9-12,16-18H,1,5-7H2,2-4H3. The van der Waals surface area contributed by atoms with Gasteiger partial charge in [0.25, 0.3) is 0 Å². The van der Waals surface area contributed by atoms with Gasteiger partial charge in [-0.1, -0.05) is 27.4 Å². The van der Waals surface area contributed by atoms with Crippen LogP contribution in [0.4, 0.5) is 0 Å². The van der Waals surface area contributed by atoms with Crippen molar-refractivity contribution in [2.24, 2.45) is 22.7 Å². The van der Waals surface area contributed by atoms with Crippen molar-refractivity contribution in [2.75, 3.05) is 6.61 Å². The maximum Gasteiger partial charge on any atom is 0.196 e. The van der Waals surface area contributed by atoms with Gasteiger partial charge in [-0.2, -0.15) is 0 Å². The second-order valence-electron chi connectivity index (χ2n) is 7.45. The van der Waals surface area contributed by atoms with Crippen molar-refractivity contribution in [3.63, 3.8) is 0 Å². The lowest BCUT2D eigenvalue weighted by molar-refractivity contribution is -0.225. The third-order valence-corrected chi connectivity index (χ3v) is 6.02. The lowest BCUT2D eigenvalue weighted by Crippen LogP contribution is -2.55. The van der Waals surface area contributed by atoms with Gasteiger partial charge in [0.05, 0.1) is 24.2 Å². The highest BCUT2D eigenvalue weighted by molar-refractivity contribution is 5.29. The molecule has 0 aromatic heterocycles. The normalized spacial score (nSPS) is 56.0. The lowest BCUT2D eigenvalue weighted by atomic mass is 9.52. The Morgan fingerprint density at radius 3 is 2.47 bits per heavy atom. The second kappa shape index (κ2) is 3.61. The van der Waals surface area contributed by atoms with Gasteiger partial charge in [-0.15, -0.1) is 0 Å². The van der Waals surface area contributed by atoms with Crippen LogP contribution in [0.1, 0.15) is 33.6 Å². The van der Waals surface area contributed by atoms with Crippen LogP contribution in [0.25, 0.3) is 0 Å². The highest BCUT2D eigenvalue weighted by atomic mass is 16.6. The molecule has 2 saturated carbocycles. The molecule has 0 bridgehead atoms. The average Bonchev–Trinajstić information content (AvgIpc) is 2.61. The Morgan fingerprint density at radius 1 is 1.26 bits per heavy atom. The molecule has 3 aliphatic rings. The summed E-state index contributed by atoms with van der Waals surface area (Å²) in [5.74, 6) is -1.56. The van der Waals surface area contributed by atoms with Crippen molar-refractivity contribution in [3.8, 4) is 0 Å². The van der Waals surface area contributed by atoms with Crippen molar-refractivity contribution in [1.29, 1.82) is 0 Å². The maximum absolute atomic E-state index is 10.9. The molecule has 0 amide bonds. The third-order valence-electron chi connectivity index (χ3n) is 6.02. The van der Waals surface area contributed by atoms with Gasteiger partial charge in [-0.25, -0.2) is 0 Å². The van der Waals surface area contributed by atoms with Gasteiger partial charge >= 0.3 is 0 Å². The summed E-state index contributed by atoms with van der Waals surface area (Å²) in [6.45, 7) is 10.4. The number of fused-ring (bicyclic) bond motifs is 2. The molecule has 108 valence electrons. The van der Waals surface area contributed by atoms with Gasteiger partial charge in [-0.3, -0.25) is 0 Å². The molecule has 1 heterocycles. The Bertz CT molecular complexity index is 432. The number of rotatable bonds is 0. The molecule has 6 atom stereocenters. The van der Waals surface area contributed by atoms with E-state index in [1.807, 2.05) is 0 Å². The Kier molecular flexibility index (Phi) is 2.58. The molecule has 3 rings (SSSR count). The van der Waals surface area contributed by atoms with Gasteiger partial charge in [-0.05, 0) is 35.7 Å². The third kappa shape index (κ3) is 1.38. The average molecular weight is 268 g/mol. The first-order valence-corrected chi connectivity index (χ1v) is 7.07. The van der Waals surface area contributed by atoms with E-state index in [0.717, 1.165) is 6.42 Å². The molecule has 0 aromatic carbocycles. The van der Waals surface area contributed by atoms with Crippen molar-refractivity contribution in [3.05, 3.63) is 12.2 Å². The number of hydrogen-bond acceptors (Lipinski definition) is 4. The van der Waals surface area contributed by atoms with E-state index in [9.17, 15) is 15.3 Å². The number of hydrogen-bond donors (Lipinski definition) is 3. The highest BCUT2D eigenvalue weighted by Crippen LogP contribution is 2.64. The fraction of sp³-hybridized carbons (Fsp3) is 0.867. The van der Waals surface area contributed by atoms with Crippen LogP contribution in [0, 0.1) is 22.7 Å². The molecule has 0 aromatic rings.